The summed E-state index contributed by atoms with van der Waals surface area (Å²) in [6, 6.07) is 6.03. The largest absolute Gasteiger partial charge is 0.293 e. The van der Waals surface area contributed by atoms with E-state index in [2.05, 4.69) is 0 Å². The van der Waals surface area contributed by atoms with Gasteiger partial charge in [0.05, 0.1) is 0 Å². The first-order valence-electron chi connectivity index (χ1n) is 3.59. The van der Waals surface area contributed by atoms with Crippen LogP contribution in [0.15, 0.2) is 24.3 Å². The molecular formula is C8H6Cl2O3S. The molecule has 0 heterocycles. The van der Waals surface area contributed by atoms with E-state index in [0.29, 0.717) is 5.02 Å². The van der Waals surface area contributed by atoms with Crippen LogP contribution in [0.4, 0.5) is 0 Å². The third-order valence-corrected chi connectivity index (χ3v) is 2.62. The van der Waals surface area contributed by atoms with E-state index in [4.69, 9.17) is 22.3 Å². The maximum atomic E-state index is 11.3. The molecule has 1 aromatic carbocycles. The SMILES string of the molecule is O=C(CS(=O)(=O)Cl)c1cccc(Cl)c1. The van der Waals surface area contributed by atoms with E-state index >= 15 is 0 Å². The lowest BCUT2D eigenvalue weighted by Crippen LogP contribution is -2.11. The zero-order chi connectivity index (χ0) is 10.8. The van der Waals surface area contributed by atoms with E-state index in [1.807, 2.05) is 0 Å². The molecule has 76 valence electrons. The van der Waals surface area contributed by atoms with Crippen molar-refractivity contribution in [2.45, 2.75) is 0 Å². The van der Waals surface area contributed by atoms with Crippen molar-refractivity contribution >= 4 is 37.1 Å². The Balaban J connectivity index is 2.91. The third kappa shape index (κ3) is 3.65. The van der Waals surface area contributed by atoms with Gasteiger partial charge in [-0.2, -0.15) is 0 Å². The van der Waals surface area contributed by atoms with E-state index in [9.17, 15) is 13.2 Å². The van der Waals surface area contributed by atoms with Crippen LogP contribution in [0.5, 0.6) is 0 Å². The van der Waals surface area contributed by atoms with Crippen LogP contribution in [0.25, 0.3) is 0 Å². The molecule has 0 spiro atoms. The Morgan fingerprint density at radius 1 is 1.36 bits per heavy atom. The first-order chi connectivity index (χ1) is 6.38. The van der Waals surface area contributed by atoms with Gasteiger partial charge in [0.2, 0.25) is 9.05 Å². The predicted molar refractivity (Wildman–Crippen MR) is 55.4 cm³/mol. The minimum atomic E-state index is -3.80. The van der Waals surface area contributed by atoms with Crippen LogP contribution in [-0.4, -0.2) is 20.0 Å². The number of benzene rings is 1. The van der Waals surface area contributed by atoms with Crippen molar-refractivity contribution in [2.75, 3.05) is 5.75 Å². The van der Waals surface area contributed by atoms with Crippen LogP contribution >= 0.6 is 22.3 Å². The minimum Gasteiger partial charge on any atom is -0.293 e. The van der Waals surface area contributed by atoms with E-state index in [0.717, 1.165) is 0 Å². The number of hydrogen-bond acceptors (Lipinski definition) is 3. The lowest BCUT2D eigenvalue weighted by molar-refractivity contribution is 0.102. The van der Waals surface area contributed by atoms with Gasteiger partial charge in [-0.15, -0.1) is 0 Å². The monoisotopic (exact) mass is 252 g/mol. The molecule has 6 heteroatoms. The molecule has 14 heavy (non-hydrogen) atoms. The van der Waals surface area contributed by atoms with Crippen LogP contribution in [0.2, 0.25) is 5.02 Å². The summed E-state index contributed by atoms with van der Waals surface area (Å²) in [5.41, 5.74) is 0.238. The molecule has 0 N–H and O–H groups in total. The van der Waals surface area contributed by atoms with Gasteiger partial charge in [0, 0.05) is 21.3 Å². The molecule has 0 aliphatic heterocycles. The Hall–Kier alpha value is -0.580. The molecule has 0 aliphatic rings. The van der Waals surface area contributed by atoms with E-state index in [1.165, 1.54) is 12.1 Å². The number of ketones is 1. The van der Waals surface area contributed by atoms with Crippen molar-refractivity contribution in [3.05, 3.63) is 34.9 Å². The van der Waals surface area contributed by atoms with E-state index in [1.54, 1.807) is 12.1 Å². The number of hydrogen-bond donors (Lipinski definition) is 0. The smallest absolute Gasteiger partial charge is 0.240 e. The molecule has 0 aromatic heterocycles. The first kappa shape index (κ1) is 11.5. The third-order valence-electron chi connectivity index (χ3n) is 1.45. The maximum absolute atomic E-state index is 11.3. The predicted octanol–water partition coefficient (Wildman–Crippen LogP) is 2.09. The van der Waals surface area contributed by atoms with Crippen LogP contribution in [0.3, 0.4) is 0 Å². The zero-order valence-electron chi connectivity index (χ0n) is 6.91. The molecule has 0 radical (unpaired) electrons. The number of carbonyl (C=O) groups excluding carboxylic acids is 1. The highest BCUT2D eigenvalue weighted by atomic mass is 35.7. The molecule has 0 atom stereocenters. The van der Waals surface area contributed by atoms with Crippen LogP contribution in [-0.2, 0) is 9.05 Å². The number of carbonyl (C=O) groups is 1. The van der Waals surface area contributed by atoms with Gasteiger partial charge >= 0.3 is 0 Å². The Kier molecular flexibility index (Phi) is 3.53. The average Bonchev–Trinajstić information content (AvgIpc) is 2.01. The zero-order valence-corrected chi connectivity index (χ0v) is 9.23. The normalized spacial score (nSPS) is 11.3. The van der Waals surface area contributed by atoms with E-state index in [-0.39, 0.29) is 5.56 Å². The van der Waals surface area contributed by atoms with Crippen molar-refractivity contribution < 1.29 is 13.2 Å². The highest BCUT2D eigenvalue weighted by Crippen LogP contribution is 2.12. The summed E-state index contributed by atoms with van der Waals surface area (Å²) in [4.78, 5) is 11.3. The molecule has 0 amide bonds. The van der Waals surface area contributed by atoms with Gasteiger partial charge in [0.1, 0.15) is 5.75 Å². The number of rotatable bonds is 3. The fraction of sp³-hybridized carbons (Fsp3) is 0.125. The molecule has 0 saturated heterocycles. The second kappa shape index (κ2) is 4.29. The van der Waals surface area contributed by atoms with Crippen LogP contribution < -0.4 is 0 Å². The quantitative estimate of drug-likeness (QED) is 0.612. The Bertz CT molecular complexity index is 453. The first-order valence-corrected chi connectivity index (χ1v) is 6.45. The lowest BCUT2D eigenvalue weighted by atomic mass is 10.1. The summed E-state index contributed by atoms with van der Waals surface area (Å²) in [6.45, 7) is 0. The molecule has 0 bridgehead atoms. The summed E-state index contributed by atoms with van der Waals surface area (Å²) >= 11 is 5.63. The van der Waals surface area contributed by atoms with E-state index < -0.39 is 20.6 Å². The van der Waals surface area contributed by atoms with Crippen molar-refractivity contribution in [1.82, 2.24) is 0 Å². The Labute approximate surface area is 91.1 Å². The van der Waals surface area contributed by atoms with Crippen molar-refractivity contribution in [3.63, 3.8) is 0 Å². The highest BCUT2D eigenvalue weighted by molar-refractivity contribution is 8.14. The highest BCUT2D eigenvalue weighted by Gasteiger charge is 2.14. The molecule has 0 aliphatic carbocycles. The van der Waals surface area contributed by atoms with Gasteiger partial charge in [-0.3, -0.25) is 4.79 Å². The molecular weight excluding hydrogens is 247 g/mol. The van der Waals surface area contributed by atoms with Gasteiger partial charge < -0.3 is 0 Å². The molecule has 1 aromatic rings. The van der Waals surface area contributed by atoms with Gasteiger partial charge in [0.15, 0.2) is 5.78 Å². The van der Waals surface area contributed by atoms with Gasteiger partial charge in [-0.05, 0) is 12.1 Å². The fourth-order valence-corrected chi connectivity index (χ4v) is 1.87. The van der Waals surface area contributed by atoms with Crippen LogP contribution in [0, 0.1) is 0 Å². The maximum Gasteiger partial charge on any atom is 0.240 e. The lowest BCUT2D eigenvalue weighted by Gasteiger charge is -1.98. The van der Waals surface area contributed by atoms with Crippen LogP contribution in [0.1, 0.15) is 10.4 Å². The van der Waals surface area contributed by atoms with Gasteiger partial charge in [0.25, 0.3) is 0 Å². The standard InChI is InChI=1S/C8H6Cl2O3S/c9-7-3-1-2-6(4-7)8(11)5-14(10,12)13/h1-4H,5H2. The summed E-state index contributed by atoms with van der Waals surface area (Å²) in [5.74, 6) is -1.28. The van der Waals surface area contributed by atoms with Crippen molar-refractivity contribution in [3.8, 4) is 0 Å². The fourth-order valence-electron chi connectivity index (χ4n) is 0.902. The molecule has 0 fully saturated rings. The van der Waals surface area contributed by atoms with Gasteiger partial charge in [-0.25, -0.2) is 8.42 Å². The number of halogens is 2. The average molecular weight is 253 g/mol. The van der Waals surface area contributed by atoms with Crippen molar-refractivity contribution in [2.24, 2.45) is 0 Å². The Morgan fingerprint density at radius 2 is 2.00 bits per heavy atom. The molecule has 0 saturated carbocycles. The molecule has 0 unspecified atom stereocenters. The second-order valence-electron chi connectivity index (χ2n) is 2.62. The summed E-state index contributed by atoms with van der Waals surface area (Å²) < 4.78 is 21.2. The summed E-state index contributed by atoms with van der Waals surface area (Å²) in [6.07, 6.45) is 0. The van der Waals surface area contributed by atoms with Crippen molar-refractivity contribution in [1.29, 1.82) is 0 Å². The second-order valence-corrected chi connectivity index (χ2v) is 5.83. The topological polar surface area (TPSA) is 51.2 Å². The summed E-state index contributed by atoms with van der Waals surface area (Å²) in [5, 5.41) is 0.378. The minimum absolute atomic E-state index is 0.238. The summed E-state index contributed by atoms with van der Waals surface area (Å²) in [7, 11) is 1.13. The molecule has 1 rings (SSSR count). The Morgan fingerprint density at radius 3 is 2.50 bits per heavy atom. The molecule has 3 nitrogen and oxygen atoms in total. The number of Topliss-reactive ketones (excluding diaryl/α,β-unsaturated/α-hetero) is 1. The van der Waals surface area contributed by atoms with Gasteiger partial charge in [-0.1, -0.05) is 23.7 Å².